The number of hydrogen-bond acceptors (Lipinski definition) is 2. The SMILES string of the molecule is ClP1(Br)(CBr)N=N1. The summed E-state index contributed by atoms with van der Waals surface area (Å²) < 4.78 is 0. The summed E-state index contributed by atoms with van der Waals surface area (Å²) in [5.74, 6) is 0. The summed E-state index contributed by atoms with van der Waals surface area (Å²) in [4.78, 5) is 4.98. The zero-order valence-electron chi connectivity index (χ0n) is 3.18. The predicted octanol–water partition coefficient (Wildman–Crippen LogP) is 3.65. The average Bonchev–Trinajstić information content (AvgIpc) is 2.20. The first-order valence-corrected chi connectivity index (χ1v) is 7.89. The number of alkyl halides is 1. The van der Waals surface area contributed by atoms with E-state index in [4.69, 9.17) is 11.2 Å². The molecule has 0 aromatic rings. The van der Waals surface area contributed by atoms with Gasteiger partial charge in [0.25, 0.3) is 0 Å². The van der Waals surface area contributed by atoms with Gasteiger partial charge in [0.2, 0.25) is 0 Å². The molecule has 0 aromatic heterocycles. The predicted molar refractivity (Wildman–Crippen MR) is 40.3 cm³/mol. The van der Waals surface area contributed by atoms with Crippen LogP contribution in [-0.2, 0) is 0 Å². The molecular weight excluding hydrogens is 266 g/mol. The summed E-state index contributed by atoms with van der Waals surface area (Å²) in [6.07, 6.45) is 0. The monoisotopic (exact) mass is 266 g/mol. The maximum absolute atomic E-state index is 5.75. The van der Waals surface area contributed by atoms with Gasteiger partial charge in [-0.1, -0.05) is 0 Å². The Morgan fingerprint density at radius 2 is 2.00 bits per heavy atom. The second-order valence-electron chi connectivity index (χ2n) is 1.28. The molecule has 0 bridgehead atoms. The van der Waals surface area contributed by atoms with Crippen molar-refractivity contribution >= 4 is 47.6 Å². The molecule has 0 aliphatic carbocycles. The van der Waals surface area contributed by atoms with Gasteiger partial charge in [-0.25, -0.2) is 0 Å². The molecule has 1 aliphatic heterocycles. The molecule has 0 amide bonds. The van der Waals surface area contributed by atoms with Crippen molar-refractivity contribution in [3.63, 3.8) is 0 Å². The fraction of sp³-hybridized carbons (Fsp3) is 1.00. The fourth-order valence-electron chi connectivity index (χ4n) is 0.106. The van der Waals surface area contributed by atoms with Crippen molar-refractivity contribution in [2.45, 2.75) is 0 Å². The van der Waals surface area contributed by atoms with E-state index in [0.29, 0.717) is 5.07 Å². The van der Waals surface area contributed by atoms with Gasteiger partial charge in [-0.2, -0.15) is 0 Å². The van der Waals surface area contributed by atoms with Crippen molar-refractivity contribution in [3.05, 3.63) is 0 Å². The Morgan fingerprint density at radius 1 is 1.57 bits per heavy atom. The van der Waals surface area contributed by atoms with Gasteiger partial charge < -0.3 is 0 Å². The molecule has 0 N–H and O–H groups in total. The van der Waals surface area contributed by atoms with Crippen LogP contribution in [-0.4, -0.2) is 5.07 Å². The molecule has 0 saturated heterocycles. The van der Waals surface area contributed by atoms with Crippen LogP contribution >= 0.6 is 47.6 Å². The van der Waals surface area contributed by atoms with Crippen LogP contribution in [0.1, 0.15) is 0 Å². The van der Waals surface area contributed by atoms with Gasteiger partial charge in [-0.3, -0.25) is 0 Å². The minimum absolute atomic E-state index is 0.639. The van der Waals surface area contributed by atoms with Gasteiger partial charge in [0, 0.05) is 0 Å². The van der Waals surface area contributed by atoms with E-state index in [1.165, 1.54) is 0 Å². The molecule has 0 aromatic carbocycles. The van der Waals surface area contributed by atoms with Gasteiger partial charge in [-0.15, -0.1) is 0 Å². The number of hydrogen-bond donors (Lipinski definition) is 0. The minimum atomic E-state index is -2.37. The third-order valence-electron chi connectivity index (χ3n) is 0.548. The van der Waals surface area contributed by atoms with Crippen LogP contribution in [0.5, 0.6) is 0 Å². The summed E-state index contributed by atoms with van der Waals surface area (Å²) in [5, 5.41) is 0.639. The van der Waals surface area contributed by atoms with Crippen LogP contribution in [0, 0.1) is 0 Å². The second-order valence-corrected chi connectivity index (χ2v) is 13.2. The van der Waals surface area contributed by atoms with Crippen molar-refractivity contribution in [3.8, 4) is 0 Å². The summed E-state index contributed by atoms with van der Waals surface area (Å²) in [7, 11) is 0. The van der Waals surface area contributed by atoms with Crippen LogP contribution < -0.4 is 0 Å². The molecule has 2 nitrogen and oxygen atoms in total. The first-order valence-electron chi connectivity index (χ1n) is 1.52. The molecule has 0 spiro atoms. The van der Waals surface area contributed by atoms with Crippen molar-refractivity contribution in [1.29, 1.82) is 0 Å². The van der Waals surface area contributed by atoms with Gasteiger partial charge in [-0.05, 0) is 0 Å². The normalized spacial score (nSPS) is 36.1. The van der Waals surface area contributed by atoms with Crippen molar-refractivity contribution in [2.24, 2.45) is 9.77 Å². The third-order valence-corrected chi connectivity index (χ3v) is 9.75. The van der Waals surface area contributed by atoms with Crippen LogP contribution in [0.25, 0.3) is 0 Å². The van der Waals surface area contributed by atoms with Crippen LogP contribution in [0.3, 0.4) is 0 Å². The van der Waals surface area contributed by atoms with E-state index in [2.05, 4.69) is 41.2 Å². The van der Waals surface area contributed by atoms with E-state index < -0.39 is 4.96 Å². The van der Waals surface area contributed by atoms with Gasteiger partial charge in [0.1, 0.15) is 0 Å². The molecule has 0 unspecified atom stereocenters. The van der Waals surface area contributed by atoms with Crippen molar-refractivity contribution < 1.29 is 0 Å². The Morgan fingerprint density at radius 3 is 2.00 bits per heavy atom. The molecule has 42 valence electrons. The molecule has 0 atom stereocenters. The summed E-state index contributed by atoms with van der Waals surface area (Å²) in [5.41, 5.74) is 0. The topological polar surface area (TPSA) is 24.7 Å². The number of halogens is 3. The van der Waals surface area contributed by atoms with Crippen LogP contribution in [0.2, 0.25) is 0 Å². The quantitative estimate of drug-likeness (QED) is 0.512. The van der Waals surface area contributed by atoms with E-state index in [0.717, 1.165) is 0 Å². The zero-order valence-corrected chi connectivity index (χ0v) is 8.00. The summed E-state index contributed by atoms with van der Waals surface area (Å²) >= 11 is 12.1. The van der Waals surface area contributed by atoms with E-state index in [9.17, 15) is 0 Å². The standard InChI is InChI=1S/CH2Br2ClN2P/c2-1-7(3,4)5-6-7/h1H2. The third kappa shape index (κ3) is 1.35. The average molecular weight is 268 g/mol. The molecular formula is CH2Br2ClN2P. The van der Waals surface area contributed by atoms with Crippen molar-refractivity contribution in [2.75, 3.05) is 5.07 Å². The molecule has 0 saturated carbocycles. The van der Waals surface area contributed by atoms with Crippen molar-refractivity contribution in [1.82, 2.24) is 0 Å². The Bertz CT molecular complexity index is 124. The molecule has 1 heterocycles. The van der Waals surface area contributed by atoms with E-state index in [1.807, 2.05) is 0 Å². The first kappa shape index (κ1) is 6.40. The number of rotatable bonds is 1. The van der Waals surface area contributed by atoms with E-state index in [1.54, 1.807) is 0 Å². The maximum atomic E-state index is 5.75. The zero-order chi connectivity index (χ0) is 5.57. The molecule has 1 rings (SSSR count). The second kappa shape index (κ2) is 1.41. The molecule has 6 heteroatoms. The molecule has 0 fully saturated rings. The molecule has 1 aliphatic rings. The Hall–Kier alpha value is 1.28. The molecule has 7 heavy (non-hydrogen) atoms. The Balaban J connectivity index is 2.62. The first-order chi connectivity index (χ1) is 3.05. The fourth-order valence-corrected chi connectivity index (χ4v) is 2.12. The van der Waals surface area contributed by atoms with E-state index in [-0.39, 0.29) is 0 Å². The molecule has 0 radical (unpaired) electrons. The van der Waals surface area contributed by atoms with Gasteiger partial charge >= 0.3 is 62.5 Å². The Labute approximate surface area is 62.4 Å². The van der Waals surface area contributed by atoms with Gasteiger partial charge in [0.05, 0.1) is 0 Å². The van der Waals surface area contributed by atoms with E-state index >= 15 is 0 Å². The summed E-state index contributed by atoms with van der Waals surface area (Å²) in [6, 6.07) is 0. The van der Waals surface area contributed by atoms with Gasteiger partial charge in [0.15, 0.2) is 0 Å². The van der Waals surface area contributed by atoms with Crippen LogP contribution in [0.4, 0.5) is 0 Å². The Kier molecular flexibility index (Phi) is 1.29. The number of nitrogens with zero attached hydrogens (tertiary/aromatic N) is 2. The van der Waals surface area contributed by atoms with Crippen LogP contribution in [0.15, 0.2) is 9.77 Å². The summed E-state index contributed by atoms with van der Waals surface area (Å²) in [6.45, 7) is 0.